The zero-order valence-electron chi connectivity index (χ0n) is 22.3. The van der Waals surface area contributed by atoms with E-state index in [1.54, 1.807) is 6.92 Å². The van der Waals surface area contributed by atoms with Gasteiger partial charge in [-0.25, -0.2) is 0 Å². The summed E-state index contributed by atoms with van der Waals surface area (Å²) in [5.41, 5.74) is 7.41. The topological polar surface area (TPSA) is 141 Å². The number of methoxy groups -OCH3 is 1. The average molecular weight is 553 g/mol. The average Bonchev–Trinajstić information content (AvgIpc) is 2.91. The van der Waals surface area contributed by atoms with Gasteiger partial charge < -0.3 is 25.4 Å². The molecule has 38 heavy (non-hydrogen) atoms. The third-order valence-corrected chi connectivity index (χ3v) is 7.16. The number of halogens is 1. The van der Waals surface area contributed by atoms with Crippen LogP contribution in [0.2, 0.25) is 0 Å². The minimum absolute atomic E-state index is 0. The minimum Gasteiger partial charge on any atom is -0.468 e. The molecule has 3 rings (SSSR count). The summed E-state index contributed by atoms with van der Waals surface area (Å²) in [4.78, 5) is 42.7. The smallest absolute Gasteiger partial charge is 0.325 e. The van der Waals surface area contributed by atoms with E-state index in [1.165, 1.54) is 7.11 Å². The molecule has 2 aliphatic heterocycles. The first-order valence-corrected chi connectivity index (χ1v) is 13.0. The van der Waals surface area contributed by atoms with Gasteiger partial charge in [-0.05, 0) is 49.9 Å². The fraction of sp³-hybridized carbons (Fsp3) is 0.615. The molecule has 0 bridgehead atoms. The maximum atomic E-state index is 12.4. The molecule has 2 fully saturated rings. The molecule has 2 atom stereocenters. The van der Waals surface area contributed by atoms with E-state index in [9.17, 15) is 14.4 Å². The van der Waals surface area contributed by atoms with Crippen molar-refractivity contribution in [1.29, 1.82) is 5.41 Å². The van der Waals surface area contributed by atoms with Crippen LogP contribution in [0.15, 0.2) is 24.3 Å². The highest BCUT2D eigenvalue weighted by molar-refractivity contribution is 5.95. The number of piperazine rings is 1. The second-order valence-corrected chi connectivity index (χ2v) is 9.53. The van der Waals surface area contributed by atoms with Gasteiger partial charge >= 0.3 is 11.9 Å². The molecule has 0 spiro atoms. The first kappa shape index (κ1) is 31.3. The molecule has 1 aromatic rings. The lowest BCUT2D eigenvalue weighted by Gasteiger charge is -2.47. The predicted molar refractivity (Wildman–Crippen MR) is 148 cm³/mol. The molecule has 11 nitrogen and oxygen atoms in total. The number of ether oxygens (including phenoxy) is 2. The Kier molecular flexibility index (Phi) is 12.8. The van der Waals surface area contributed by atoms with Gasteiger partial charge in [0.25, 0.3) is 0 Å². The van der Waals surface area contributed by atoms with Crippen molar-refractivity contribution in [1.82, 2.24) is 15.1 Å². The number of rotatable bonds is 11. The Morgan fingerprint density at radius 1 is 1.08 bits per heavy atom. The summed E-state index contributed by atoms with van der Waals surface area (Å²) in [6.45, 7) is 7.40. The number of esters is 2. The Hall–Kier alpha value is -2.89. The number of amides is 1. The first-order valence-electron chi connectivity index (χ1n) is 13.0. The molecule has 212 valence electrons. The van der Waals surface area contributed by atoms with Crippen molar-refractivity contribution in [3.8, 4) is 0 Å². The number of likely N-dealkylation sites (tertiary alicyclic amines) is 1. The standard InChI is InChI=1S/C26H40N6O5.ClH/c1-3-37-25(35)18-30-11-10-22(20(17-30)6-9-23(33)29-16-24(34)36-2)32-14-12-31(13-15-32)21-7-4-19(5-8-21)26(27)28;/h4-5,7-8,20,22H,3,6,9-18H2,1-2H3,(H3,27,28)(H,29,33);1H. The molecule has 1 amide bonds. The van der Waals surface area contributed by atoms with Gasteiger partial charge in [0.05, 0.1) is 20.3 Å². The number of carbonyl (C=O) groups excluding carboxylic acids is 3. The quantitative estimate of drug-likeness (QED) is 0.207. The van der Waals surface area contributed by atoms with Crippen molar-refractivity contribution in [2.45, 2.75) is 32.2 Å². The summed E-state index contributed by atoms with van der Waals surface area (Å²) in [7, 11) is 1.29. The van der Waals surface area contributed by atoms with E-state index < -0.39 is 5.97 Å². The predicted octanol–water partition coefficient (Wildman–Crippen LogP) is 0.837. The van der Waals surface area contributed by atoms with Crippen molar-refractivity contribution in [2.75, 3.05) is 71.0 Å². The second-order valence-electron chi connectivity index (χ2n) is 9.53. The molecule has 0 aliphatic carbocycles. The van der Waals surface area contributed by atoms with Gasteiger partial charge in [0.15, 0.2) is 0 Å². The summed E-state index contributed by atoms with van der Waals surface area (Å²) >= 11 is 0. The maximum Gasteiger partial charge on any atom is 0.325 e. The van der Waals surface area contributed by atoms with Gasteiger partial charge in [0, 0.05) is 63.0 Å². The Labute approximate surface area is 230 Å². The largest absolute Gasteiger partial charge is 0.468 e. The van der Waals surface area contributed by atoms with Crippen LogP contribution in [-0.4, -0.2) is 106 Å². The van der Waals surface area contributed by atoms with E-state index in [2.05, 4.69) is 24.8 Å². The van der Waals surface area contributed by atoms with E-state index in [-0.39, 0.29) is 49.1 Å². The molecule has 4 N–H and O–H groups in total. The van der Waals surface area contributed by atoms with E-state index in [0.717, 1.165) is 56.9 Å². The molecule has 12 heteroatoms. The molecule has 0 aromatic heterocycles. The second kappa shape index (κ2) is 15.5. The number of anilines is 1. The number of piperidine rings is 1. The summed E-state index contributed by atoms with van der Waals surface area (Å²) in [6, 6.07) is 8.09. The molecular formula is C26H41ClN6O5. The number of hydrogen-bond acceptors (Lipinski definition) is 9. The van der Waals surface area contributed by atoms with Crippen LogP contribution < -0.4 is 16.0 Å². The Morgan fingerprint density at radius 2 is 1.76 bits per heavy atom. The van der Waals surface area contributed by atoms with Gasteiger partial charge in [-0.2, -0.15) is 0 Å². The minimum atomic E-state index is -0.474. The van der Waals surface area contributed by atoms with Crippen molar-refractivity contribution in [3.63, 3.8) is 0 Å². The highest BCUT2D eigenvalue weighted by Gasteiger charge is 2.35. The highest BCUT2D eigenvalue weighted by Crippen LogP contribution is 2.28. The molecule has 2 unspecified atom stereocenters. The number of nitrogens with two attached hydrogens (primary N) is 1. The number of nitrogens with one attached hydrogen (secondary N) is 2. The van der Waals surface area contributed by atoms with E-state index in [4.69, 9.17) is 15.9 Å². The fourth-order valence-corrected chi connectivity index (χ4v) is 5.20. The lowest BCUT2D eigenvalue weighted by Crippen LogP contribution is -2.57. The third kappa shape index (κ3) is 9.14. The summed E-state index contributed by atoms with van der Waals surface area (Å²) in [6.07, 6.45) is 1.90. The van der Waals surface area contributed by atoms with Crippen molar-refractivity contribution >= 4 is 41.8 Å². The van der Waals surface area contributed by atoms with Crippen LogP contribution in [0.4, 0.5) is 5.69 Å². The highest BCUT2D eigenvalue weighted by atomic mass is 35.5. The van der Waals surface area contributed by atoms with Gasteiger partial charge in [-0.15, -0.1) is 12.4 Å². The van der Waals surface area contributed by atoms with Crippen LogP contribution in [0.25, 0.3) is 0 Å². The summed E-state index contributed by atoms with van der Waals surface area (Å²) in [5, 5.41) is 10.2. The monoisotopic (exact) mass is 552 g/mol. The molecule has 2 saturated heterocycles. The Morgan fingerprint density at radius 3 is 2.37 bits per heavy atom. The molecule has 2 heterocycles. The molecule has 0 radical (unpaired) electrons. The fourth-order valence-electron chi connectivity index (χ4n) is 5.20. The van der Waals surface area contributed by atoms with Crippen molar-refractivity contribution in [2.24, 2.45) is 11.7 Å². The number of amidine groups is 1. The molecular weight excluding hydrogens is 512 g/mol. The van der Waals surface area contributed by atoms with Crippen LogP contribution in [0, 0.1) is 11.3 Å². The molecule has 2 aliphatic rings. The number of carbonyl (C=O) groups is 3. The number of hydrogen-bond donors (Lipinski definition) is 3. The normalized spacial score (nSPS) is 20.2. The van der Waals surface area contributed by atoms with Crippen LogP contribution in [0.5, 0.6) is 0 Å². The van der Waals surface area contributed by atoms with Gasteiger partial charge in [0.1, 0.15) is 12.4 Å². The molecule has 0 saturated carbocycles. The lowest BCUT2D eigenvalue weighted by atomic mass is 9.86. The van der Waals surface area contributed by atoms with Gasteiger partial charge in [-0.3, -0.25) is 29.6 Å². The van der Waals surface area contributed by atoms with E-state index in [0.29, 0.717) is 25.5 Å². The van der Waals surface area contributed by atoms with Gasteiger partial charge in [0.2, 0.25) is 5.91 Å². The van der Waals surface area contributed by atoms with Crippen LogP contribution in [0.3, 0.4) is 0 Å². The van der Waals surface area contributed by atoms with Crippen LogP contribution in [-0.2, 0) is 23.9 Å². The Balaban J connectivity index is 0.00000507. The van der Waals surface area contributed by atoms with Crippen molar-refractivity contribution < 1.29 is 23.9 Å². The summed E-state index contributed by atoms with van der Waals surface area (Å²) < 4.78 is 9.73. The van der Waals surface area contributed by atoms with Crippen LogP contribution in [0.1, 0.15) is 31.7 Å². The van der Waals surface area contributed by atoms with E-state index >= 15 is 0 Å². The van der Waals surface area contributed by atoms with Crippen LogP contribution >= 0.6 is 12.4 Å². The lowest BCUT2D eigenvalue weighted by molar-refractivity contribution is -0.145. The Bertz CT molecular complexity index is 939. The zero-order valence-corrected chi connectivity index (χ0v) is 23.1. The van der Waals surface area contributed by atoms with E-state index in [1.807, 2.05) is 24.3 Å². The summed E-state index contributed by atoms with van der Waals surface area (Å²) in [5.74, 6) is -0.590. The maximum absolute atomic E-state index is 12.4. The SMILES string of the molecule is CCOC(=O)CN1CCC(N2CCN(c3ccc(C(=N)N)cc3)CC2)C(CCC(=O)NCC(=O)OC)C1.Cl. The van der Waals surface area contributed by atoms with Crippen molar-refractivity contribution in [3.05, 3.63) is 29.8 Å². The number of nitrogen functional groups attached to an aromatic ring is 1. The van der Waals surface area contributed by atoms with Gasteiger partial charge in [-0.1, -0.05) is 0 Å². The number of nitrogens with zero attached hydrogens (tertiary/aromatic N) is 3. The third-order valence-electron chi connectivity index (χ3n) is 7.16. The number of benzene rings is 1. The zero-order chi connectivity index (χ0) is 26.8. The molecule has 1 aromatic carbocycles. The first-order chi connectivity index (χ1) is 17.8.